The van der Waals surface area contributed by atoms with E-state index in [0.717, 1.165) is 19.4 Å². The highest BCUT2D eigenvalue weighted by molar-refractivity contribution is 5.54. The fourth-order valence-electron chi connectivity index (χ4n) is 2.16. The van der Waals surface area contributed by atoms with Gasteiger partial charge in [-0.3, -0.25) is 10.1 Å². The number of ether oxygens (including phenoxy) is 3. The second kappa shape index (κ2) is 6.53. The van der Waals surface area contributed by atoms with Gasteiger partial charge in [0.1, 0.15) is 6.10 Å². The molecule has 1 saturated heterocycles. The lowest BCUT2D eigenvalue weighted by Crippen LogP contribution is -2.28. The maximum absolute atomic E-state index is 11.1. The zero-order chi connectivity index (χ0) is 14.5. The number of nitro groups is 1. The molecule has 1 fully saturated rings. The van der Waals surface area contributed by atoms with Crippen molar-refractivity contribution in [2.45, 2.75) is 25.5 Å². The first kappa shape index (κ1) is 14.5. The third kappa shape index (κ3) is 3.17. The molecule has 110 valence electrons. The molecule has 0 radical (unpaired) electrons. The van der Waals surface area contributed by atoms with E-state index in [1.54, 1.807) is 6.07 Å². The Labute approximate surface area is 116 Å². The van der Waals surface area contributed by atoms with E-state index in [4.69, 9.17) is 19.9 Å². The van der Waals surface area contributed by atoms with Crippen molar-refractivity contribution in [1.29, 1.82) is 0 Å². The Morgan fingerprint density at radius 2 is 2.30 bits per heavy atom. The first-order valence-electron chi connectivity index (χ1n) is 6.45. The van der Waals surface area contributed by atoms with E-state index in [2.05, 4.69) is 0 Å². The Bertz CT molecular complexity index is 486. The van der Waals surface area contributed by atoms with Gasteiger partial charge in [0.15, 0.2) is 11.5 Å². The summed E-state index contributed by atoms with van der Waals surface area (Å²) in [6, 6.07) is 2.92. The minimum atomic E-state index is -0.466. The van der Waals surface area contributed by atoms with Crippen LogP contribution >= 0.6 is 0 Å². The molecule has 0 amide bonds. The SMILES string of the molecule is COc1cc(CN)c([N+](=O)[O-])cc1OC1CCCOC1. The van der Waals surface area contributed by atoms with Crippen molar-refractivity contribution in [2.75, 3.05) is 20.3 Å². The highest BCUT2D eigenvalue weighted by Gasteiger charge is 2.22. The minimum absolute atomic E-state index is 0.0555. The zero-order valence-electron chi connectivity index (χ0n) is 11.3. The fraction of sp³-hybridized carbons (Fsp3) is 0.538. The van der Waals surface area contributed by atoms with Crippen LogP contribution < -0.4 is 15.2 Å². The van der Waals surface area contributed by atoms with E-state index in [9.17, 15) is 10.1 Å². The number of nitrogens with two attached hydrogens (primary N) is 1. The maximum atomic E-state index is 11.1. The molecular weight excluding hydrogens is 264 g/mol. The van der Waals surface area contributed by atoms with Gasteiger partial charge in [-0.1, -0.05) is 0 Å². The van der Waals surface area contributed by atoms with Crippen LogP contribution in [0.5, 0.6) is 11.5 Å². The standard InChI is InChI=1S/C13H18N2O5/c1-18-12-5-9(7-14)11(15(16)17)6-13(12)20-10-3-2-4-19-8-10/h5-6,10H,2-4,7-8,14H2,1H3. The van der Waals surface area contributed by atoms with Crippen LogP contribution in [0.25, 0.3) is 0 Å². The Hall–Kier alpha value is -1.86. The average molecular weight is 282 g/mol. The normalized spacial score (nSPS) is 18.6. The Morgan fingerprint density at radius 3 is 2.85 bits per heavy atom. The molecule has 0 spiro atoms. The fourth-order valence-corrected chi connectivity index (χ4v) is 2.16. The van der Waals surface area contributed by atoms with Crippen molar-refractivity contribution in [3.8, 4) is 11.5 Å². The van der Waals surface area contributed by atoms with Crippen molar-refractivity contribution in [3.63, 3.8) is 0 Å². The minimum Gasteiger partial charge on any atom is -0.493 e. The first-order chi connectivity index (χ1) is 9.65. The summed E-state index contributed by atoms with van der Waals surface area (Å²) >= 11 is 0. The molecular formula is C13H18N2O5. The van der Waals surface area contributed by atoms with Crippen LogP contribution in [0.1, 0.15) is 18.4 Å². The summed E-state index contributed by atoms with van der Waals surface area (Å²) in [6.45, 7) is 1.28. The van der Waals surface area contributed by atoms with Crippen LogP contribution in [-0.2, 0) is 11.3 Å². The molecule has 2 N–H and O–H groups in total. The second-order valence-corrected chi connectivity index (χ2v) is 4.55. The lowest BCUT2D eigenvalue weighted by molar-refractivity contribution is -0.385. The molecule has 0 aliphatic carbocycles. The van der Waals surface area contributed by atoms with E-state index in [0.29, 0.717) is 23.7 Å². The molecule has 2 rings (SSSR count). The van der Waals surface area contributed by atoms with Gasteiger partial charge in [0.2, 0.25) is 0 Å². The van der Waals surface area contributed by atoms with Crippen molar-refractivity contribution in [1.82, 2.24) is 0 Å². The molecule has 0 aromatic heterocycles. The topological polar surface area (TPSA) is 96.9 Å². The first-order valence-corrected chi connectivity index (χ1v) is 6.45. The summed E-state index contributed by atoms with van der Waals surface area (Å²) in [5.41, 5.74) is 5.89. The summed E-state index contributed by atoms with van der Waals surface area (Å²) in [5.74, 6) is 0.800. The quantitative estimate of drug-likeness (QED) is 0.651. The molecule has 1 unspecified atom stereocenters. The molecule has 1 aromatic rings. The molecule has 1 heterocycles. The number of nitro benzene ring substituents is 1. The van der Waals surface area contributed by atoms with Crippen molar-refractivity contribution in [2.24, 2.45) is 5.73 Å². The van der Waals surface area contributed by atoms with Crippen LogP contribution in [0, 0.1) is 10.1 Å². The second-order valence-electron chi connectivity index (χ2n) is 4.55. The van der Waals surface area contributed by atoms with Crippen molar-refractivity contribution in [3.05, 3.63) is 27.8 Å². The highest BCUT2D eigenvalue weighted by Crippen LogP contribution is 2.35. The average Bonchev–Trinajstić information content (AvgIpc) is 2.47. The van der Waals surface area contributed by atoms with Gasteiger partial charge in [-0.25, -0.2) is 0 Å². The Balaban J connectivity index is 2.29. The van der Waals surface area contributed by atoms with Crippen molar-refractivity contribution >= 4 is 5.69 Å². The van der Waals surface area contributed by atoms with Crippen molar-refractivity contribution < 1.29 is 19.1 Å². The van der Waals surface area contributed by atoms with E-state index >= 15 is 0 Å². The molecule has 7 nitrogen and oxygen atoms in total. The predicted molar refractivity (Wildman–Crippen MR) is 72.0 cm³/mol. The molecule has 1 atom stereocenters. The summed E-state index contributed by atoms with van der Waals surface area (Å²) < 4.78 is 16.3. The van der Waals surface area contributed by atoms with E-state index in [1.807, 2.05) is 0 Å². The molecule has 1 aliphatic heterocycles. The maximum Gasteiger partial charge on any atom is 0.277 e. The number of methoxy groups -OCH3 is 1. The molecule has 1 aliphatic rings. The van der Waals surface area contributed by atoms with Gasteiger partial charge < -0.3 is 19.9 Å². The number of nitrogens with zero attached hydrogens (tertiary/aromatic N) is 1. The van der Waals surface area contributed by atoms with Gasteiger partial charge in [0.05, 0.1) is 24.7 Å². The van der Waals surface area contributed by atoms with Crippen LogP contribution in [0.4, 0.5) is 5.69 Å². The summed E-state index contributed by atoms with van der Waals surface area (Å²) in [4.78, 5) is 10.6. The van der Waals surface area contributed by atoms with Gasteiger partial charge in [-0.2, -0.15) is 0 Å². The molecule has 0 saturated carbocycles. The lowest BCUT2D eigenvalue weighted by Gasteiger charge is -2.24. The van der Waals surface area contributed by atoms with Crippen LogP contribution in [0.3, 0.4) is 0 Å². The lowest BCUT2D eigenvalue weighted by atomic mass is 10.1. The van der Waals surface area contributed by atoms with Crippen LogP contribution in [0.2, 0.25) is 0 Å². The molecule has 0 bridgehead atoms. The molecule has 20 heavy (non-hydrogen) atoms. The summed E-state index contributed by atoms with van der Waals surface area (Å²) in [5, 5.41) is 11.1. The van der Waals surface area contributed by atoms with Gasteiger partial charge in [0, 0.05) is 18.7 Å². The Morgan fingerprint density at radius 1 is 1.50 bits per heavy atom. The predicted octanol–water partition coefficient (Wildman–Crippen LogP) is 1.62. The summed E-state index contributed by atoms with van der Waals surface area (Å²) in [6.07, 6.45) is 1.66. The van der Waals surface area contributed by atoms with E-state index in [-0.39, 0.29) is 18.3 Å². The largest absolute Gasteiger partial charge is 0.493 e. The summed E-state index contributed by atoms with van der Waals surface area (Å²) in [7, 11) is 1.49. The number of benzene rings is 1. The van der Waals surface area contributed by atoms with Gasteiger partial charge >= 0.3 is 0 Å². The van der Waals surface area contributed by atoms with Crippen LogP contribution in [0.15, 0.2) is 12.1 Å². The van der Waals surface area contributed by atoms with E-state index < -0.39 is 4.92 Å². The molecule has 7 heteroatoms. The molecule has 1 aromatic carbocycles. The monoisotopic (exact) mass is 282 g/mol. The van der Waals surface area contributed by atoms with Crippen LogP contribution in [-0.4, -0.2) is 31.4 Å². The van der Waals surface area contributed by atoms with Gasteiger partial charge in [0.25, 0.3) is 5.69 Å². The van der Waals surface area contributed by atoms with Gasteiger partial charge in [-0.05, 0) is 18.9 Å². The number of hydrogen-bond donors (Lipinski definition) is 1. The number of hydrogen-bond acceptors (Lipinski definition) is 6. The van der Waals surface area contributed by atoms with Gasteiger partial charge in [-0.15, -0.1) is 0 Å². The third-order valence-corrected chi connectivity index (χ3v) is 3.19. The van der Waals surface area contributed by atoms with E-state index in [1.165, 1.54) is 13.2 Å². The smallest absolute Gasteiger partial charge is 0.277 e. The number of rotatable bonds is 5. The Kier molecular flexibility index (Phi) is 4.75. The highest BCUT2D eigenvalue weighted by atomic mass is 16.6. The zero-order valence-corrected chi connectivity index (χ0v) is 11.3. The third-order valence-electron chi connectivity index (χ3n) is 3.19.